The van der Waals surface area contributed by atoms with Crippen LogP contribution in [0.1, 0.15) is 53.2 Å². The number of hydrazine groups is 1. The Bertz CT molecular complexity index is 1220. The van der Waals surface area contributed by atoms with Gasteiger partial charge < -0.3 is 3.88 Å². The number of alkyl halides is 4. The third-order valence-electron chi connectivity index (χ3n) is 8.76. The van der Waals surface area contributed by atoms with E-state index in [1.807, 2.05) is 41.1 Å². The number of carbonyl (C=O) groups is 1. The molecule has 3 fully saturated rings. The molecule has 0 spiro atoms. The summed E-state index contributed by atoms with van der Waals surface area (Å²) < 4.78 is 59.5. The molecule has 0 bridgehead atoms. The van der Waals surface area contributed by atoms with E-state index in [-0.39, 0.29) is 96.3 Å². The molecule has 3 heterocycles. The summed E-state index contributed by atoms with van der Waals surface area (Å²) in [5.74, 6) is -2.00. The predicted molar refractivity (Wildman–Crippen MR) is 177 cm³/mol. The first-order valence-electron chi connectivity index (χ1n) is 15.2. The van der Waals surface area contributed by atoms with Crippen LogP contribution in [0, 0.1) is 0 Å². The molecule has 6 nitrogen and oxygen atoms in total. The van der Waals surface area contributed by atoms with Gasteiger partial charge in [0.05, 0.1) is 0 Å². The number of piperazine rings is 1. The summed E-state index contributed by atoms with van der Waals surface area (Å²) in [6.45, 7) is 8.17. The van der Waals surface area contributed by atoms with Crippen LogP contribution in [-0.2, 0) is 73.2 Å². The molecule has 3 unspecified atom stereocenters. The van der Waals surface area contributed by atoms with Crippen molar-refractivity contribution in [3.8, 4) is 0 Å². The molecule has 2 aromatic carbocycles. The van der Waals surface area contributed by atoms with E-state index < -0.39 is 28.6 Å². The summed E-state index contributed by atoms with van der Waals surface area (Å²) in [5.41, 5.74) is -3.82. The maximum Gasteiger partial charge on any atom is 0.283 e. The Balaban J connectivity index is 0.00000217. The summed E-state index contributed by atoms with van der Waals surface area (Å²) in [6.07, 6.45) is 3.16. The number of halogens is 4. The predicted octanol–water partition coefficient (Wildman–Crippen LogP) is 4.34. The third kappa shape index (κ3) is 13.3. The Morgan fingerprint density at radius 2 is 1.43 bits per heavy atom. The maximum atomic E-state index is 14.3. The number of piperidine rings is 1. The summed E-state index contributed by atoms with van der Waals surface area (Å²) >= 11 is 5.26. The van der Waals surface area contributed by atoms with Gasteiger partial charge in [-0.3, -0.25) is 19.6 Å². The first-order chi connectivity index (χ1) is 20.9. The van der Waals surface area contributed by atoms with E-state index in [2.05, 4.69) is 46.5 Å². The molecule has 5 rings (SSSR count). The normalized spacial score (nSPS) is 21.7. The Hall–Kier alpha value is 1.81. The third-order valence-corrected chi connectivity index (χ3v) is 9.56. The quantitative estimate of drug-likeness (QED) is 0.236. The number of hydrogen-bond acceptors (Lipinski definition) is 5. The van der Waals surface area contributed by atoms with Gasteiger partial charge in [0, 0.05) is 166 Å². The summed E-state index contributed by atoms with van der Waals surface area (Å²) in [6, 6.07) is 13.4. The van der Waals surface area contributed by atoms with Crippen LogP contribution in [0.5, 0.6) is 0 Å². The molecule has 3 aliphatic rings. The number of hydrogen-bond donors (Lipinski definition) is 0. The minimum atomic E-state index is -3.44. The SMILES string of the molecule is CC(F)(F)c1cc(C(=O)N2CCC(N3CCN(C4CCC[N]([Al])C4)CC3)CN2Cc2ccccc2)cc(C(F)(F)P)c1.[CH3][Al].[Na].[Nb].[Y]. The minimum absolute atomic E-state index is 0. The number of amides is 1. The number of benzene rings is 2. The Kier molecular flexibility index (Phi) is 21.4. The van der Waals surface area contributed by atoms with Gasteiger partial charge in [-0.1, -0.05) is 39.6 Å². The van der Waals surface area contributed by atoms with Crippen molar-refractivity contribution in [2.24, 2.45) is 0 Å². The standard InChI is InChI=1S/C30H39F4N5OP.CH3.2Al.Na.Nb.Y/c1-29(31,32)24-16-23(17-25(18-24)30(33,34)41)28(40)39-11-9-27(21-38(39)20-22-6-3-2-4-7-22)37-14-12-36(13-15-37)26-8-5-10-35-19-26;;;;;;/h2-4,6-7,16-18,26-27H,5,8-15,19-21,41H2,1H3;1H3;;;;;/q-1;;;+1;;;. The first kappa shape index (κ1) is 46.8. The van der Waals surface area contributed by atoms with Gasteiger partial charge in [-0.05, 0) is 56.1 Å². The van der Waals surface area contributed by atoms with Gasteiger partial charge in [0.15, 0.2) is 0 Å². The van der Waals surface area contributed by atoms with Crippen LogP contribution in [0.3, 0.4) is 0 Å². The summed E-state index contributed by atoms with van der Waals surface area (Å²) in [4.78, 5) is 19.0. The van der Waals surface area contributed by atoms with E-state index in [0.717, 1.165) is 69.5 Å². The molecular weight excluding hydrogens is 824 g/mol. The van der Waals surface area contributed by atoms with Crippen LogP contribution < -0.4 is 0 Å². The fourth-order valence-corrected chi connectivity index (χ4v) is 7.01. The largest absolute Gasteiger partial charge is 0.401 e. The number of nitrogens with zero attached hydrogens (tertiary/aromatic N) is 5. The molecule has 0 N–H and O–H groups in total. The number of rotatable bonds is 7. The average Bonchev–Trinajstić information content (AvgIpc) is 3.01. The second-order valence-corrected chi connectivity index (χ2v) is 13.3. The maximum absolute atomic E-state index is 14.3. The van der Waals surface area contributed by atoms with E-state index in [1.165, 1.54) is 22.1 Å². The smallest absolute Gasteiger partial charge is 0.283 e. The van der Waals surface area contributed by atoms with Crippen molar-refractivity contribution in [3.63, 3.8) is 0 Å². The van der Waals surface area contributed by atoms with Crippen molar-refractivity contribution < 1.29 is 77.4 Å². The van der Waals surface area contributed by atoms with E-state index in [1.54, 1.807) is 5.01 Å². The van der Waals surface area contributed by atoms with Crippen molar-refractivity contribution >= 4 is 77.5 Å². The van der Waals surface area contributed by atoms with E-state index in [9.17, 15) is 22.4 Å². The summed E-state index contributed by atoms with van der Waals surface area (Å²) in [7, 11) is 1.38. The van der Waals surface area contributed by atoms with Crippen LogP contribution in [-0.4, -0.2) is 156 Å². The van der Waals surface area contributed by atoms with Crippen LogP contribution in [0.15, 0.2) is 48.5 Å². The molecule has 16 heteroatoms. The molecule has 0 aromatic heterocycles. The van der Waals surface area contributed by atoms with Crippen molar-refractivity contribution in [2.75, 3.05) is 52.4 Å². The molecule has 47 heavy (non-hydrogen) atoms. The first-order valence-corrected chi connectivity index (χ1v) is 17.5. The molecule has 3 aliphatic heterocycles. The van der Waals surface area contributed by atoms with E-state index in [0.29, 0.717) is 32.6 Å². The van der Waals surface area contributed by atoms with Gasteiger partial charge in [-0.15, -0.1) is 5.79 Å². The van der Waals surface area contributed by atoms with E-state index in [4.69, 9.17) is 0 Å². The fraction of sp³-hybridized carbons (Fsp3) is 0.581. The molecule has 3 saturated heterocycles. The van der Waals surface area contributed by atoms with Crippen LogP contribution >= 0.6 is 9.24 Å². The van der Waals surface area contributed by atoms with Crippen molar-refractivity contribution in [2.45, 2.75) is 62.2 Å². The Morgan fingerprint density at radius 1 is 0.872 bits per heavy atom. The Labute approximate surface area is 359 Å². The minimum Gasteiger partial charge on any atom is -0.401 e. The van der Waals surface area contributed by atoms with Gasteiger partial charge in [-0.2, -0.15) is 8.78 Å². The Morgan fingerprint density at radius 3 is 1.96 bits per heavy atom. The van der Waals surface area contributed by atoms with Gasteiger partial charge in [0.25, 0.3) is 34.0 Å². The van der Waals surface area contributed by atoms with E-state index >= 15 is 0 Å². The molecule has 0 aliphatic carbocycles. The molecule has 1 amide bonds. The van der Waals surface area contributed by atoms with Gasteiger partial charge in [0.1, 0.15) is 16.3 Å². The van der Waals surface area contributed by atoms with Crippen LogP contribution in [0.4, 0.5) is 17.6 Å². The van der Waals surface area contributed by atoms with Crippen molar-refractivity contribution in [3.05, 3.63) is 70.8 Å². The molecule has 245 valence electrons. The molecule has 2 aromatic rings. The van der Waals surface area contributed by atoms with Crippen LogP contribution in [0.2, 0.25) is 5.79 Å². The molecular formula is C31H42Al2F4N5NaNbOPY. The zero-order valence-electron chi connectivity index (χ0n) is 27.7. The molecule has 3 atom stereocenters. The van der Waals surface area contributed by atoms with Crippen molar-refractivity contribution in [1.82, 2.24) is 23.7 Å². The van der Waals surface area contributed by atoms with Crippen LogP contribution in [0.25, 0.3) is 0 Å². The van der Waals surface area contributed by atoms with Crippen molar-refractivity contribution in [1.29, 1.82) is 0 Å². The monoisotopic (exact) mass is 866 g/mol. The topological polar surface area (TPSA) is 33.3 Å². The molecule has 7 radical (unpaired) electrons. The zero-order chi connectivity index (χ0) is 32.1. The summed E-state index contributed by atoms with van der Waals surface area (Å²) in [5, 5.41) is 3.52. The van der Waals surface area contributed by atoms with Gasteiger partial charge in [-0.25, -0.2) is 13.8 Å². The molecule has 0 saturated carbocycles. The fourth-order valence-electron chi connectivity index (χ4n) is 6.41. The average molecular weight is 866 g/mol. The zero-order valence-corrected chi connectivity index (χ0v) is 38.2. The second-order valence-electron chi connectivity index (χ2n) is 11.9. The van der Waals surface area contributed by atoms with Gasteiger partial charge >= 0.3 is 0 Å². The number of carbonyl (C=O) groups excluding carboxylic acids is 1. The van der Waals surface area contributed by atoms with Gasteiger partial charge in [0.2, 0.25) is 0 Å². The second kappa shape index (κ2) is 21.5.